The molecule has 1 aromatic rings. The molecule has 0 radical (unpaired) electrons. The van der Waals surface area contributed by atoms with E-state index >= 15 is 0 Å². The zero-order valence-corrected chi connectivity index (χ0v) is 12.2. The molecule has 0 aromatic heterocycles. The van der Waals surface area contributed by atoms with Crippen LogP contribution in [0.25, 0.3) is 0 Å². The Balaban J connectivity index is 2.18. The average molecular weight is 271 g/mol. The molecule has 0 spiro atoms. The number of likely N-dealkylation sites (tertiary alicyclic amines) is 1. The lowest BCUT2D eigenvalue weighted by molar-refractivity contribution is 0.0574. The molecule has 0 N–H and O–H groups in total. The van der Waals surface area contributed by atoms with Gasteiger partial charge in [-0.2, -0.15) is 5.26 Å². The van der Waals surface area contributed by atoms with E-state index in [0.717, 1.165) is 25.9 Å². The highest BCUT2D eigenvalue weighted by molar-refractivity contribution is 5.94. The topological polar surface area (TPSA) is 47.3 Å². The van der Waals surface area contributed by atoms with Crippen LogP contribution in [-0.4, -0.2) is 48.9 Å². The van der Waals surface area contributed by atoms with E-state index in [9.17, 15) is 4.79 Å². The van der Waals surface area contributed by atoms with Gasteiger partial charge in [0.25, 0.3) is 5.91 Å². The maximum atomic E-state index is 12.7. The molecular weight excluding hydrogens is 250 g/mol. The fraction of sp³-hybridized carbons (Fsp3) is 0.500. The summed E-state index contributed by atoms with van der Waals surface area (Å²) in [5.74, 6) is 0.0497. The molecule has 1 aliphatic heterocycles. The molecule has 4 heteroatoms. The smallest absolute Gasteiger partial charge is 0.254 e. The summed E-state index contributed by atoms with van der Waals surface area (Å²) in [6.45, 7) is 1.71. The third-order valence-corrected chi connectivity index (χ3v) is 3.70. The van der Waals surface area contributed by atoms with Gasteiger partial charge >= 0.3 is 0 Å². The minimum absolute atomic E-state index is 0.0497. The van der Waals surface area contributed by atoms with Crippen molar-refractivity contribution >= 4 is 5.91 Å². The number of likely N-dealkylation sites (N-methyl/N-ethyl adjacent to an activating group) is 1. The number of amides is 1. The van der Waals surface area contributed by atoms with Crippen molar-refractivity contribution in [1.29, 1.82) is 5.26 Å². The molecule has 106 valence electrons. The van der Waals surface area contributed by atoms with Crippen LogP contribution in [0.4, 0.5) is 0 Å². The van der Waals surface area contributed by atoms with E-state index in [4.69, 9.17) is 5.26 Å². The van der Waals surface area contributed by atoms with E-state index in [0.29, 0.717) is 11.1 Å². The minimum atomic E-state index is 0.0497. The molecule has 20 heavy (non-hydrogen) atoms. The van der Waals surface area contributed by atoms with E-state index in [1.54, 1.807) is 24.3 Å². The molecule has 0 aliphatic carbocycles. The van der Waals surface area contributed by atoms with Crippen LogP contribution in [0.15, 0.2) is 24.3 Å². The largest absolute Gasteiger partial charge is 0.334 e. The second-order valence-electron chi connectivity index (χ2n) is 5.60. The Kier molecular flexibility index (Phi) is 4.75. The zero-order valence-electron chi connectivity index (χ0n) is 12.2. The fourth-order valence-corrected chi connectivity index (χ4v) is 2.77. The lowest BCUT2D eigenvalue weighted by Gasteiger charge is -2.37. The lowest BCUT2D eigenvalue weighted by Crippen LogP contribution is -2.48. The summed E-state index contributed by atoms with van der Waals surface area (Å²) in [7, 11) is 4.07. The Morgan fingerprint density at radius 2 is 2.25 bits per heavy atom. The highest BCUT2D eigenvalue weighted by Gasteiger charge is 2.27. The number of nitrogens with zero attached hydrogens (tertiary/aromatic N) is 3. The molecule has 4 nitrogen and oxygen atoms in total. The highest BCUT2D eigenvalue weighted by atomic mass is 16.2. The number of hydrogen-bond donors (Lipinski definition) is 0. The van der Waals surface area contributed by atoms with Gasteiger partial charge in [-0.1, -0.05) is 6.07 Å². The van der Waals surface area contributed by atoms with Crippen molar-refractivity contribution in [1.82, 2.24) is 9.80 Å². The van der Waals surface area contributed by atoms with Crippen molar-refractivity contribution in [2.45, 2.75) is 25.3 Å². The molecule has 1 aliphatic rings. The Labute approximate surface area is 120 Å². The molecule has 1 atom stereocenters. The normalized spacial score (nSPS) is 18.9. The number of hydrogen-bond acceptors (Lipinski definition) is 3. The van der Waals surface area contributed by atoms with Crippen molar-refractivity contribution in [2.24, 2.45) is 0 Å². The Morgan fingerprint density at radius 3 is 2.95 bits per heavy atom. The summed E-state index contributed by atoms with van der Waals surface area (Å²) >= 11 is 0. The van der Waals surface area contributed by atoms with Crippen molar-refractivity contribution in [2.75, 3.05) is 27.2 Å². The zero-order chi connectivity index (χ0) is 14.5. The predicted molar refractivity (Wildman–Crippen MR) is 78.4 cm³/mol. The molecule has 0 saturated carbocycles. The van der Waals surface area contributed by atoms with Crippen molar-refractivity contribution in [3.05, 3.63) is 35.4 Å². The molecular formula is C16H21N3O. The van der Waals surface area contributed by atoms with Crippen LogP contribution in [0.2, 0.25) is 0 Å². The second-order valence-corrected chi connectivity index (χ2v) is 5.60. The van der Waals surface area contributed by atoms with Crippen LogP contribution in [0.1, 0.15) is 35.2 Å². The van der Waals surface area contributed by atoms with Gasteiger partial charge in [-0.3, -0.25) is 4.79 Å². The summed E-state index contributed by atoms with van der Waals surface area (Å²) in [4.78, 5) is 16.8. The van der Waals surface area contributed by atoms with Crippen LogP contribution in [0.5, 0.6) is 0 Å². The Hall–Kier alpha value is -1.86. The first-order chi connectivity index (χ1) is 9.61. The van der Waals surface area contributed by atoms with Gasteiger partial charge in [0.2, 0.25) is 0 Å². The number of carbonyl (C=O) groups is 1. The third-order valence-electron chi connectivity index (χ3n) is 3.70. The summed E-state index contributed by atoms with van der Waals surface area (Å²) in [6.07, 6.45) is 3.30. The van der Waals surface area contributed by atoms with Crippen molar-refractivity contribution in [3.63, 3.8) is 0 Å². The predicted octanol–water partition coefficient (Wildman–Crippen LogP) is 2.11. The number of nitriles is 1. The summed E-state index contributed by atoms with van der Waals surface area (Å²) < 4.78 is 0. The molecule has 1 amide bonds. The van der Waals surface area contributed by atoms with Gasteiger partial charge in [0.1, 0.15) is 0 Å². The highest BCUT2D eigenvalue weighted by Crippen LogP contribution is 2.20. The van der Waals surface area contributed by atoms with E-state index in [-0.39, 0.29) is 11.9 Å². The van der Waals surface area contributed by atoms with Crippen molar-refractivity contribution < 1.29 is 4.79 Å². The van der Waals surface area contributed by atoms with Crippen LogP contribution in [-0.2, 0) is 0 Å². The summed E-state index contributed by atoms with van der Waals surface area (Å²) in [6, 6.07) is 9.35. The monoisotopic (exact) mass is 271 g/mol. The molecule has 1 aromatic carbocycles. The minimum Gasteiger partial charge on any atom is -0.334 e. The number of benzene rings is 1. The van der Waals surface area contributed by atoms with Gasteiger partial charge in [0, 0.05) is 24.7 Å². The molecule has 0 unspecified atom stereocenters. The van der Waals surface area contributed by atoms with Gasteiger partial charge in [0.05, 0.1) is 11.6 Å². The van der Waals surface area contributed by atoms with Crippen LogP contribution >= 0.6 is 0 Å². The van der Waals surface area contributed by atoms with Gasteiger partial charge in [-0.15, -0.1) is 0 Å². The maximum absolute atomic E-state index is 12.7. The average Bonchev–Trinajstić information content (AvgIpc) is 2.46. The molecule has 1 saturated heterocycles. The van der Waals surface area contributed by atoms with E-state index in [2.05, 4.69) is 11.0 Å². The second kappa shape index (κ2) is 6.53. The van der Waals surface area contributed by atoms with Gasteiger partial charge in [-0.25, -0.2) is 0 Å². The van der Waals surface area contributed by atoms with Crippen LogP contribution < -0.4 is 0 Å². The quantitative estimate of drug-likeness (QED) is 0.846. The molecule has 1 heterocycles. The molecule has 1 fully saturated rings. The first-order valence-electron chi connectivity index (χ1n) is 7.07. The standard InChI is InChI=1S/C16H21N3O/c1-18(2)12-15-8-3-4-9-19(15)16(20)14-7-5-6-13(10-14)11-17/h5-7,10,15H,3-4,8-9,12H2,1-2H3/t15-/m1/s1. The number of piperidine rings is 1. The van der Waals surface area contributed by atoms with E-state index in [1.807, 2.05) is 19.0 Å². The van der Waals surface area contributed by atoms with Gasteiger partial charge in [-0.05, 0) is 51.6 Å². The van der Waals surface area contributed by atoms with E-state index < -0.39 is 0 Å². The van der Waals surface area contributed by atoms with E-state index in [1.165, 1.54) is 6.42 Å². The Bertz CT molecular complexity index is 519. The number of rotatable bonds is 3. The Morgan fingerprint density at radius 1 is 1.45 bits per heavy atom. The van der Waals surface area contributed by atoms with Gasteiger partial charge < -0.3 is 9.80 Å². The lowest BCUT2D eigenvalue weighted by atomic mass is 10.00. The molecule has 0 bridgehead atoms. The maximum Gasteiger partial charge on any atom is 0.254 e. The van der Waals surface area contributed by atoms with Crippen LogP contribution in [0, 0.1) is 11.3 Å². The molecule has 2 rings (SSSR count). The number of carbonyl (C=O) groups excluding carboxylic acids is 1. The first-order valence-corrected chi connectivity index (χ1v) is 7.07. The first kappa shape index (κ1) is 14.5. The summed E-state index contributed by atoms with van der Waals surface area (Å²) in [5, 5.41) is 8.94. The summed E-state index contributed by atoms with van der Waals surface area (Å²) in [5.41, 5.74) is 1.16. The van der Waals surface area contributed by atoms with Crippen molar-refractivity contribution in [3.8, 4) is 6.07 Å². The fourth-order valence-electron chi connectivity index (χ4n) is 2.77. The third kappa shape index (κ3) is 3.37. The SMILES string of the molecule is CN(C)C[C@H]1CCCCN1C(=O)c1cccc(C#N)c1. The van der Waals surface area contributed by atoms with Gasteiger partial charge in [0.15, 0.2) is 0 Å². The van der Waals surface area contributed by atoms with Crippen LogP contribution in [0.3, 0.4) is 0 Å².